The Hall–Kier alpha value is -1.27. The van der Waals surface area contributed by atoms with E-state index in [1.54, 1.807) is 32.4 Å². The zero-order valence-electron chi connectivity index (χ0n) is 9.75. The van der Waals surface area contributed by atoms with Gasteiger partial charge < -0.3 is 20.1 Å². The van der Waals surface area contributed by atoms with Crippen LogP contribution in [-0.4, -0.2) is 33.4 Å². The van der Waals surface area contributed by atoms with Crippen molar-refractivity contribution in [2.75, 3.05) is 32.7 Å². The predicted octanol–water partition coefficient (Wildman–Crippen LogP) is 2.23. The van der Waals surface area contributed by atoms with Crippen LogP contribution in [0.2, 0.25) is 0 Å². The molecule has 2 N–H and O–H groups in total. The quantitative estimate of drug-likeness (QED) is 0.820. The van der Waals surface area contributed by atoms with E-state index in [1.807, 2.05) is 0 Å². The maximum atomic E-state index is 11.5. The summed E-state index contributed by atoms with van der Waals surface area (Å²) in [5.74, 6) is 0.724. The van der Waals surface area contributed by atoms with Crippen LogP contribution in [0.1, 0.15) is 0 Å². The standard InChI is InChI=1S/C11H15BrN2O3/c1-16-6-5-13-11(15)14-10-4-3-8(17-2)7-9(10)12/h3-4,7H,5-6H2,1-2H3,(H2,13,14,15). The van der Waals surface area contributed by atoms with E-state index >= 15 is 0 Å². The molecule has 0 fully saturated rings. The number of hydrogen-bond donors (Lipinski definition) is 2. The highest BCUT2D eigenvalue weighted by Crippen LogP contribution is 2.26. The van der Waals surface area contributed by atoms with Gasteiger partial charge in [0.1, 0.15) is 5.75 Å². The minimum absolute atomic E-state index is 0.270. The third-order valence-electron chi connectivity index (χ3n) is 2.02. The molecule has 0 unspecified atom stereocenters. The Kier molecular flexibility index (Phi) is 5.79. The van der Waals surface area contributed by atoms with E-state index in [0.717, 1.165) is 10.2 Å². The van der Waals surface area contributed by atoms with Crippen molar-refractivity contribution in [3.05, 3.63) is 22.7 Å². The lowest BCUT2D eigenvalue weighted by atomic mass is 10.3. The number of nitrogens with one attached hydrogen (secondary N) is 2. The smallest absolute Gasteiger partial charge is 0.319 e. The van der Waals surface area contributed by atoms with Crippen LogP contribution in [0.5, 0.6) is 5.75 Å². The van der Waals surface area contributed by atoms with Crippen molar-refractivity contribution in [3.8, 4) is 5.75 Å². The molecule has 1 aromatic carbocycles. The fraction of sp³-hybridized carbons (Fsp3) is 0.364. The Bertz CT molecular complexity index is 385. The van der Waals surface area contributed by atoms with Crippen molar-refractivity contribution in [2.24, 2.45) is 0 Å². The van der Waals surface area contributed by atoms with Crippen LogP contribution >= 0.6 is 15.9 Å². The van der Waals surface area contributed by atoms with Crippen LogP contribution < -0.4 is 15.4 Å². The van der Waals surface area contributed by atoms with E-state index in [0.29, 0.717) is 18.8 Å². The second-order valence-corrected chi connectivity index (χ2v) is 4.07. The Labute approximate surface area is 109 Å². The van der Waals surface area contributed by atoms with Gasteiger partial charge in [-0.15, -0.1) is 0 Å². The highest BCUT2D eigenvalue weighted by Gasteiger charge is 2.05. The second-order valence-electron chi connectivity index (χ2n) is 3.22. The summed E-state index contributed by atoms with van der Waals surface area (Å²) in [5.41, 5.74) is 0.681. The van der Waals surface area contributed by atoms with E-state index in [-0.39, 0.29) is 6.03 Å². The summed E-state index contributed by atoms with van der Waals surface area (Å²) in [4.78, 5) is 11.5. The summed E-state index contributed by atoms with van der Waals surface area (Å²) >= 11 is 3.35. The number of amides is 2. The molecule has 1 rings (SSSR count). The second kappa shape index (κ2) is 7.13. The van der Waals surface area contributed by atoms with Crippen LogP contribution in [0, 0.1) is 0 Å². The Morgan fingerprint density at radius 1 is 1.41 bits per heavy atom. The van der Waals surface area contributed by atoms with Gasteiger partial charge in [-0.2, -0.15) is 0 Å². The first-order valence-corrected chi connectivity index (χ1v) is 5.84. The molecule has 0 heterocycles. The Morgan fingerprint density at radius 2 is 2.18 bits per heavy atom. The van der Waals surface area contributed by atoms with Gasteiger partial charge in [0, 0.05) is 18.1 Å². The molecule has 0 saturated heterocycles. The molecular weight excluding hydrogens is 288 g/mol. The number of rotatable bonds is 5. The SMILES string of the molecule is COCCNC(=O)Nc1ccc(OC)cc1Br. The lowest BCUT2D eigenvalue weighted by Gasteiger charge is -2.09. The number of methoxy groups -OCH3 is 2. The van der Waals surface area contributed by atoms with E-state index in [2.05, 4.69) is 26.6 Å². The number of anilines is 1. The highest BCUT2D eigenvalue weighted by atomic mass is 79.9. The van der Waals surface area contributed by atoms with Crippen LogP contribution in [0.25, 0.3) is 0 Å². The maximum Gasteiger partial charge on any atom is 0.319 e. The number of hydrogen-bond acceptors (Lipinski definition) is 3. The average Bonchev–Trinajstić information content (AvgIpc) is 2.32. The van der Waals surface area contributed by atoms with E-state index in [4.69, 9.17) is 9.47 Å². The molecule has 17 heavy (non-hydrogen) atoms. The predicted molar refractivity (Wildman–Crippen MR) is 69.6 cm³/mol. The number of carbonyl (C=O) groups excluding carboxylic acids is 1. The van der Waals surface area contributed by atoms with Gasteiger partial charge in [0.05, 0.1) is 19.4 Å². The van der Waals surface area contributed by atoms with Crippen molar-refractivity contribution < 1.29 is 14.3 Å². The van der Waals surface area contributed by atoms with Gasteiger partial charge >= 0.3 is 6.03 Å². The molecule has 0 aliphatic carbocycles. The largest absolute Gasteiger partial charge is 0.497 e. The van der Waals surface area contributed by atoms with Crippen molar-refractivity contribution in [2.45, 2.75) is 0 Å². The van der Waals surface area contributed by atoms with E-state index in [9.17, 15) is 4.79 Å². The van der Waals surface area contributed by atoms with Crippen LogP contribution in [0.3, 0.4) is 0 Å². The third kappa shape index (κ3) is 4.62. The summed E-state index contributed by atoms with van der Waals surface area (Å²) < 4.78 is 10.7. The molecule has 0 aromatic heterocycles. The first kappa shape index (κ1) is 13.8. The lowest BCUT2D eigenvalue weighted by Crippen LogP contribution is -2.31. The molecule has 6 heteroatoms. The van der Waals surface area contributed by atoms with Crippen molar-refractivity contribution in [1.82, 2.24) is 5.32 Å². The minimum atomic E-state index is -0.270. The van der Waals surface area contributed by atoms with Gasteiger partial charge in [0.2, 0.25) is 0 Å². The molecule has 0 radical (unpaired) electrons. The fourth-order valence-corrected chi connectivity index (χ4v) is 1.61. The van der Waals surface area contributed by atoms with Crippen LogP contribution in [0.4, 0.5) is 10.5 Å². The Balaban J connectivity index is 2.53. The molecule has 0 bridgehead atoms. The molecule has 0 aliphatic heterocycles. The van der Waals surface area contributed by atoms with Gasteiger partial charge in [-0.1, -0.05) is 0 Å². The third-order valence-corrected chi connectivity index (χ3v) is 2.67. The maximum absolute atomic E-state index is 11.5. The van der Waals surface area contributed by atoms with Crippen molar-refractivity contribution in [1.29, 1.82) is 0 Å². The number of benzene rings is 1. The van der Waals surface area contributed by atoms with Gasteiger partial charge in [0.15, 0.2) is 0 Å². The zero-order valence-corrected chi connectivity index (χ0v) is 11.3. The molecule has 94 valence electrons. The topological polar surface area (TPSA) is 59.6 Å². The fourth-order valence-electron chi connectivity index (χ4n) is 1.16. The van der Waals surface area contributed by atoms with Crippen molar-refractivity contribution >= 4 is 27.6 Å². The summed E-state index contributed by atoms with van der Waals surface area (Å²) in [5, 5.41) is 5.37. The summed E-state index contributed by atoms with van der Waals surface area (Å²) in [6.45, 7) is 0.952. The first-order valence-electron chi connectivity index (χ1n) is 5.04. The number of carbonyl (C=O) groups is 1. The summed E-state index contributed by atoms with van der Waals surface area (Å²) in [6, 6.07) is 5.05. The molecule has 0 aliphatic rings. The monoisotopic (exact) mass is 302 g/mol. The highest BCUT2D eigenvalue weighted by molar-refractivity contribution is 9.10. The van der Waals surface area contributed by atoms with Gasteiger partial charge in [0.25, 0.3) is 0 Å². The van der Waals surface area contributed by atoms with Gasteiger partial charge in [-0.25, -0.2) is 4.79 Å². The zero-order chi connectivity index (χ0) is 12.7. The average molecular weight is 303 g/mol. The molecule has 2 amide bonds. The molecule has 0 spiro atoms. The van der Waals surface area contributed by atoms with Crippen molar-refractivity contribution in [3.63, 3.8) is 0 Å². The molecule has 1 aromatic rings. The van der Waals surface area contributed by atoms with Gasteiger partial charge in [-0.3, -0.25) is 0 Å². The molecule has 0 atom stereocenters. The molecule has 0 saturated carbocycles. The number of urea groups is 1. The van der Waals surface area contributed by atoms with Crippen LogP contribution in [-0.2, 0) is 4.74 Å². The summed E-state index contributed by atoms with van der Waals surface area (Å²) in [7, 11) is 3.17. The number of halogens is 1. The lowest BCUT2D eigenvalue weighted by molar-refractivity contribution is 0.198. The van der Waals surface area contributed by atoms with Gasteiger partial charge in [-0.05, 0) is 34.1 Å². The number of ether oxygens (including phenoxy) is 2. The normalized spacial score (nSPS) is 9.82. The van der Waals surface area contributed by atoms with E-state index in [1.165, 1.54) is 0 Å². The minimum Gasteiger partial charge on any atom is -0.497 e. The molecule has 5 nitrogen and oxygen atoms in total. The van der Waals surface area contributed by atoms with E-state index < -0.39 is 0 Å². The summed E-state index contributed by atoms with van der Waals surface area (Å²) in [6.07, 6.45) is 0. The molecular formula is C11H15BrN2O3. The first-order chi connectivity index (χ1) is 8.17. The van der Waals surface area contributed by atoms with Crippen LogP contribution in [0.15, 0.2) is 22.7 Å². The Morgan fingerprint density at radius 3 is 2.76 bits per heavy atom.